The van der Waals surface area contributed by atoms with Crippen LogP contribution in [0, 0.1) is 0 Å². The fraction of sp³-hybridized carbons (Fsp3) is 0.136. The van der Waals surface area contributed by atoms with Gasteiger partial charge in [0.1, 0.15) is 11.5 Å². The number of methoxy groups -OCH3 is 1. The number of hydrogen-bond acceptors (Lipinski definition) is 5. The maximum absolute atomic E-state index is 12.7. The lowest BCUT2D eigenvalue weighted by Gasteiger charge is -2.11. The summed E-state index contributed by atoms with van der Waals surface area (Å²) in [5.41, 5.74) is 1.63. The molecule has 29 heavy (non-hydrogen) atoms. The van der Waals surface area contributed by atoms with E-state index in [1.54, 1.807) is 19.2 Å². The summed E-state index contributed by atoms with van der Waals surface area (Å²) in [6.07, 6.45) is 1.48. The molecule has 0 unspecified atom stereocenters. The van der Waals surface area contributed by atoms with E-state index in [0.29, 0.717) is 17.1 Å². The number of nitrogens with one attached hydrogen (secondary N) is 1. The second kappa shape index (κ2) is 7.63. The number of carbonyl (C=O) groups excluding carboxylic acids is 3. The van der Waals surface area contributed by atoms with Crippen LogP contribution in [0.4, 0.5) is 0 Å². The summed E-state index contributed by atoms with van der Waals surface area (Å²) in [4.78, 5) is 38.9. The molecule has 0 aliphatic carbocycles. The number of fused-ring (bicyclic) bond motifs is 1. The summed E-state index contributed by atoms with van der Waals surface area (Å²) in [5.74, 6) is -0.00280. The molecule has 0 spiro atoms. The number of para-hydroxylation sites is 1. The number of imide groups is 1. The molecule has 0 saturated heterocycles. The molecule has 0 fully saturated rings. The Balaban J connectivity index is 1.50. The van der Waals surface area contributed by atoms with Crippen LogP contribution in [-0.4, -0.2) is 29.7 Å². The third-order valence-electron chi connectivity index (χ3n) is 4.76. The molecule has 0 atom stereocenters. The summed E-state index contributed by atoms with van der Waals surface area (Å²) in [5, 5.41) is 2.81. The molecule has 7 heteroatoms. The third-order valence-corrected chi connectivity index (χ3v) is 4.76. The van der Waals surface area contributed by atoms with Crippen LogP contribution < -0.4 is 10.1 Å². The van der Waals surface area contributed by atoms with Gasteiger partial charge in [0.25, 0.3) is 17.7 Å². The molecular weight excluding hydrogens is 372 g/mol. The molecule has 0 saturated carbocycles. The van der Waals surface area contributed by atoms with Gasteiger partial charge in [-0.15, -0.1) is 0 Å². The van der Waals surface area contributed by atoms with Crippen LogP contribution in [0.5, 0.6) is 5.75 Å². The van der Waals surface area contributed by atoms with E-state index >= 15 is 0 Å². The van der Waals surface area contributed by atoms with Gasteiger partial charge in [0.15, 0.2) is 0 Å². The fourth-order valence-electron chi connectivity index (χ4n) is 3.26. The van der Waals surface area contributed by atoms with Crippen LogP contribution in [0.25, 0.3) is 0 Å². The molecule has 2 aromatic carbocycles. The Bertz CT molecular complexity index is 1090. The number of rotatable bonds is 6. The van der Waals surface area contributed by atoms with E-state index in [0.717, 1.165) is 10.5 Å². The Hall–Kier alpha value is -3.87. The van der Waals surface area contributed by atoms with E-state index in [2.05, 4.69) is 5.32 Å². The Kier molecular flexibility index (Phi) is 4.87. The van der Waals surface area contributed by atoms with Crippen LogP contribution in [0.2, 0.25) is 0 Å². The largest absolute Gasteiger partial charge is 0.496 e. The van der Waals surface area contributed by atoms with Gasteiger partial charge in [0.05, 0.1) is 31.0 Å². The summed E-state index contributed by atoms with van der Waals surface area (Å²) < 4.78 is 10.5. The van der Waals surface area contributed by atoms with Gasteiger partial charge in [-0.1, -0.05) is 18.2 Å². The first kappa shape index (κ1) is 18.5. The van der Waals surface area contributed by atoms with E-state index in [9.17, 15) is 14.4 Å². The van der Waals surface area contributed by atoms with Crippen molar-refractivity contribution in [2.24, 2.45) is 0 Å². The first-order valence-electron chi connectivity index (χ1n) is 9.01. The topological polar surface area (TPSA) is 88.8 Å². The Labute approximate surface area is 166 Å². The number of benzene rings is 2. The first-order chi connectivity index (χ1) is 14.1. The van der Waals surface area contributed by atoms with Crippen LogP contribution in [0.1, 0.15) is 42.4 Å². The molecular formula is C22H18N2O5. The van der Waals surface area contributed by atoms with Crippen molar-refractivity contribution >= 4 is 17.7 Å². The number of carbonyl (C=O) groups is 3. The van der Waals surface area contributed by atoms with Gasteiger partial charge in [-0.05, 0) is 36.4 Å². The molecule has 3 aromatic rings. The van der Waals surface area contributed by atoms with Crippen LogP contribution in [0.3, 0.4) is 0 Å². The predicted octanol–water partition coefficient (Wildman–Crippen LogP) is 3.01. The van der Waals surface area contributed by atoms with E-state index in [-0.39, 0.29) is 30.1 Å². The highest BCUT2D eigenvalue weighted by Gasteiger charge is 2.36. The molecule has 0 radical (unpaired) electrons. The molecule has 0 bridgehead atoms. The van der Waals surface area contributed by atoms with Gasteiger partial charge in [-0.3, -0.25) is 19.3 Å². The minimum absolute atomic E-state index is 0.0503. The lowest BCUT2D eigenvalue weighted by Crippen LogP contribution is -2.28. The minimum Gasteiger partial charge on any atom is -0.496 e. The number of amides is 3. The van der Waals surface area contributed by atoms with E-state index in [1.807, 2.05) is 24.3 Å². The maximum atomic E-state index is 12.7. The summed E-state index contributed by atoms with van der Waals surface area (Å²) in [6, 6.07) is 15.3. The average Bonchev–Trinajstić information content (AvgIpc) is 3.35. The Morgan fingerprint density at radius 2 is 1.83 bits per heavy atom. The van der Waals surface area contributed by atoms with Gasteiger partial charge in [-0.2, -0.15) is 0 Å². The quantitative estimate of drug-likeness (QED) is 0.654. The van der Waals surface area contributed by atoms with Crippen molar-refractivity contribution in [1.29, 1.82) is 0 Å². The first-order valence-corrected chi connectivity index (χ1v) is 9.01. The Morgan fingerprint density at radius 1 is 1.03 bits per heavy atom. The van der Waals surface area contributed by atoms with Gasteiger partial charge >= 0.3 is 0 Å². The molecule has 3 amide bonds. The minimum atomic E-state index is -0.444. The fourth-order valence-corrected chi connectivity index (χ4v) is 3.26. The van der Waals surface area contributed by atoms with Crippen LogP contribution >= 0.6 is 0 Å². The van der Waals surface area contributed by atoms with Crippen molar-refractivity contribution in [1.82, 2.24) is 10.2 Å². The summed E-state index contributed by atoms with van der Waals surface area (Å²) >= 11 is 0. The molecule has 1 aliphatic rings. The maximum Gasteiger partial charge on any atom is 0.261 e. The second-order valence-corrected chi connectivity index (χ2v) is 6.53. The van der Waals surface area contributed by atoms with E-state index in [1.165, 1.54) is 24.5 Å². The lowest BCUT2D eigenvalue weighted by molar-refractivity contribution is 0.0631. The highest BCUT2D eigenvalue weighted by molar-refractivity contribution is 6.22. The molecule has 2 heterocycles. The molecule has 1 N–H and O–H groups in total. The number of ether oxygens (including phenoxy) is 1. The smallest absolute Gasteiger partial charge is 0.261 e. The molecule has 1 aromatic heterocycles. The number of hydrogen-bond donors (Lipinski definition) is 1. The molecule has 4 rings (SSSR count). The van der Waals surface area contributed by atoms with Crippen molar-refractivity contribution in [3.63, 3.8) is 0 Å². The second-order valence-electron chi connectivity index (χ2n) is 6.53. The standard InChI is InChI=1S/C22H18N2O5/c1-28-19-7-3-2-5-15(19)12-23-20(25)14-8-9-17-18(11-14)22(27)24(21(17)26)13-16-6-4-10-29-16/h2-11H,12-13H2,1H3,(H,23,25). The summed E-state index contributed by atoms with van der Waals surface area (Å²) in [7, 11) is 1.57. The lowest BCUT2D eigenvalue weighted by atomic mass is 10.1. The highest BCUT2D eigenvalue weighted by atomic mass is 16.5. The van der Waals surface area contributed by atoms with Crippen LogP contribution in [0.15, 0.2) is 65.3 Å². The van der Waals surface area contributed by atoms with Crippen molar-refractivity contribution < 1.29 is 23.5 Å². The van der Waals surface area contributed by atoms with Crippen LogP contribution in [-0.2, 0) is 13.1 Å². The predicted molar refractivity (Wildman–Crippen MR) is 104 cm³/mol. The average molecular weight is 390 g/mol. The highest BCUT2D eigenvalue weighted by Crippen LogP contribution is 2.26. The zero-order valence-electron chi connectivity index (χ0n) is 15.7. The van der Waals surface area contributed by atoms with Gasteiger partial charge < -0.3 is 14.5 Å². The normalized spacial score (nSPS) is 12.8. The van der Waals surface area contributed by atoms with Gasteiger partial charge in [0.2, 0.25) is 0 Å². The van der Waals surface area contributed by atoms with Crippen molar-refractivity contribution in [3.8, 4) is 5.75 Å². The zero-order valence-corrected chi connectivity index (χ0v) is 15.7. The van der Waals surface area contributed by atoms with E-state index < -0.39 is 11.8 Å². The monoisotopic (exact) mass is 390 g/mol. The zero-order chi connectivity index (χ0) is 20.4. The SMILES string of the molecule is COc1ccccc1CNC(=O)c1ccc2c(c1)C(=O)N(Cc1ccco1)C2=O. The summed E-state index contributed by atoms with van der Waals surface area (Å²) in [6.45, 7) is 0.326. The molecule has 1 aliphatic heterocycles. The third kappa shape index (κ3) is 3.50. The van der Waals surface area contributed by atoms with Crippen molar-refractivity contribution in [2.45, 2.75) is 13.1 Å². The van der Waals surface area contributed by atoms with Crippen molar-refractivity contribution in [3.05, 3.63) is 88.9 Å². The van der Waals surface area contributed by atoms with Gasteiger partial charge in [0, 0.05) is 17.7 Å². The molecule has 7 nitrogen and oxygen atoms in total. The molecule has 146 valence electrons. The Morgan fingerprint density at radius 3 is 2.59 bits per heavy atom. The number of nitrogens with zero attached hydrogens (tertiary/aromatic N) is 1. The van der Waals surface area contributed by atoms with E-state index in [4.69, 9.17) is 9.15 Å². The van der Waals surface area contributed by atoms with Gasteiger partial charge in [-0.25, -0.2) is 0 Å². The number of furan rings is 1. The van der Waals surface area contributed by atoms with Crippen molar-refractivity contribution in [2.75, 3.05) is 7.11 Å².